The Morgan fingerprint density at radius 1 is 1.14 bits per heavy atom. The molecule has 0 aliphatic carbocycles. The Morgan fingerprint density at radius 2 is 1.90 bits per heavy atom. The fraction of sp³-hybridized carbons (Fsp3) is 0.211. The molecule has 10 heteroatoms. The largest absolute Gasteiger partial charge is 0.452 e. The molecule has 0 bridgehead atoms. The van der Waals surface area contributed by atoms with Gasteiger partial charge >= 0.3 is 12.1 Å². The summed E-state index contributed by atoms with van der Waals surface area (Å²) in [6, 6.07) is 13.1. The number of nitrogens with zero attached hydrogens (tertiary/aromatic N) is 2. The number of carbonyl (C=O) groups excluding carboxylic acids is 2. The van der Waals surface area contributed by atoms with Crippen LogP contribution in [-0.4, -0.2) is 41.0 Å². The topological polar surface area (TPSA) is 73.2 Å². The number of thiophene rings is 1. The van der Waals surface area contributed by atoms with Crippen LogP contribution in [0.3, 0.4) is 0 Å². The Kier molecular flexibility index (Phi) is 6.32. The first kappa shape index (κ1) is 20.6. The molecular formula is C19H16F3N3O3S. The number of rotatable bonds is 7. The lowest BCUT2D eigenvalue weighted by atomic mass is 10.2. The van der Waals surface area contributed by atoms with Crippen LogP contribution in [0.25, 0.3) is 10.6 Å². The van der Waals surface area contributed by atoms with Crippen LogP contribution >= 0.6 is 11.3 Å². The zero-order valence-corrected chi connectivity index (χ0v) is 15.8. The molecule has 3 rings (SSSR count). The molecule has 0 spiro atoms. The molecule has 0 saturated carbocycles. The summed E-state index contributed by atoms with van der Waals surface area (Å²) in [4.78, 5) is 24.7. The fourth-order valence-electron chi connectivity index (χ4n) is 2.48. The molecule has 0 aliphatic rings. The van der Waals surface area contributed by atoms with Gasteiger partial charge in [0.05, 0.1) is 11.4 Å². The van der Waals surface area contributed by atoms with Crippen molar-refractivity contribution in [2.75, 3.05) is 13.2 Å². The van der Waals surface area contributed by atoms with E-state index in [0.29, 0.717) is 12.2 Å². The van der Waals surface area contributed by atoms with Crippen LogP contribution in [0.4, 0.5) is 13.2 Å². The van der Waals surface area contributed by atoms with Gasteiger partial charge in [-0.25, -0.2) is 4.79 Å². The Hall–Kier alpha value is -3.14. The van der Waals surface area contributed by atoms with E-state index in [9.17, 15) is 22.8 Å². The van der Waals surface area contributed by atoms with Crippen LogP contribution in [0.2, 0.25) is 0 Å². The first-order valence-corrected chi connectivity index (χ1v) is 9.35. The summed E-state index contributed by atoms with van der Waals surface area (Å²) in [5.41, 5.74) is 1.49. The second-order valence-corrected chi connectivity index (χ2v) is 6.97. The van der Waals surface area contributed by atoms with Gasteiger partial charge < -0.3 is 10.1 Å². The number of aromatic nitrogens is 2. The van der Waals surface area contributed by atoms with Gasteiger partial charge in [0.2, 0.25) is 0 Å². The molecule has 1 aromatic carbocycles. The molecule has 2 aromatic heterocycles. The van der Waals surface area contributed by atoms with Gasteiger partial charge in [0.25, 0.3) is 5.91 Å². The maximum atomic E-state index is 12.5. The molecule has 1 N–H and O–H groups in total. The monoisotopic (exact) mass is 423 g/mol. The quantitative estimate of drug-likeness (QED) is 0.591. The van der Waals surface area contributed by atoms with Crippen LogP contribution in [0.15, 0.2) is 54.0 Å². The van der Waals surface area contributed by atoms with Crippen molar-refractivity contribution in [3.63, 3.8) is 0 Å². The summed E-state index contributed by atoms with van der Waals surface area (Å²) in [5, 5.41) is 7.92. The highest BCUT2D eigenvalue weighted by Gasteiger charge is 2.28. The van der Waals surface area contributed by atoms with E-state index in [2.05, 4.69) is 5.10 Å². The Labute approximate surface area is 167 Å². The molecule has 0 aliphatic heterocycles. The molecule has 2 heterocycles. The van der Waals surface area contributed by atoms with Gasteiger partial charge in [-0.2, -0.15) is 18.3 Å². The molecule has 0 saturated heterocycles. The molecule has 0 fully saturated rings. The number of hydrogen-bond acceptors (Lipinski definition) is 5. The van der Waals surface area contributed by atoms with Crippen molar-refractivity contribution in [2.24, 2.45) is 0 Å². The molecule has 152 valence electrons. The van der Waals surface area contributed by atoms with Gasteiger partial charge in [0.1, 0.15) is 17.8 Å². The predicted octanol–water partition coefficient (Wildman–Crippen LogP) is 3.50. The van der Waals surface area contributed by atoms with Gasteiger partial charge in [0, 0.05) is 6.20 Å². The first-order valence-electron chi connectivity index (χ1n) is 8.47. The number of hydrogen-bond donors (Lipinski definition) is 1. The zero-order chi connectivity index (χ0) is 20.9. The van der Waals surface area contributed by atoms with E-state index in [-0.39, 0.29) is 5.56 Å². The van der Waals surface area contributed by atoms with Gasteiger partial charge in [-0.15, -0.1) is 11.3 Å². The SMILES string of the molecule is O=C(COC(=O)c1cn(Cc2ccccc2)nc1-c1cccs1)NCC(F)(F)F. The lowest BCUT2D eigenvalue weighted by Gasteiger charge is -2.08. The van der Waals surface area contributed by atoms with Gasteiger partial charge in [-0.3, -0.25) is 9.48 Å². The lowest BCUT2D eigenvalue weighted by Crippen LogP contribution is -2.36. The van der Waals surface area contributed by atoms with Crippen LogP contribution < -0.4 is 5.32 Å². The second-order valence-electron chi connectivity index (χ2n) is 6.02. The minimum atomic E-state index is -4.54. The van der Waals surface area contributed by atoms with Crippen LogP contribution in [0, 0.1) is 0 Å². The average molecular weight is 423 g/mol. The number of nitrogens with one attached hydrogen (secondary N) is 1. The zero-order valence-electron chi connectivity index (χ0n) is 15.0. The number of carbonyl (C=O) groups is 2. The summed E-state index contributed by atoms with van der Waals surface area (Å²) in [6.45, 7) is -1.89. The second kappa shape index (κ2) is 8.91. The Bertz CT molecular complexity index is 970. The van der Waals surface area contributed by atoms with Crippen molar-refractivity contribution in [3.05, 3.63) is 65.2 Å². The van der Waals surface area contributed by atoms with Crippen molar-refractivity contribution in [1.29, 1.82) is 0 Å². The minimum absolute atomic E-state index is 0.131. The molecule has 29 heavy (non-hydrogen) atoms. The molecule has 1 amide bonds. The van der Waals surface area contributed by atoms with E-state index < -0.39 is 31.2 Å². The van der Waals surface area contributed by atoms with Crippen molar-refractivity contribution in [1.82, 2.24) is 15.1 Å². The highest BCUT2D eigenvalue weighted by molar-refractivity contribution is 7.13. The molecular weight excluding hydrogens is 407 g/mol. The van der Waals surface area contributed by atoms with E-state index in [0.717, 1.165) is 10.4 Å². The Balaban J connectivity index is 1.73. The van der Waals surface area contributed by atoms with Crippen molar-refractivity contribution in [2.45, 2.75) is 12.7 Å². The van der Waals surface area contributed by atoms with Gasteiger partial charge in [-0.05, 0) is 17.0 Å². The highest BCUT2D eigenvalue weighted by Crippen LogP contribution is 2.27. The maximum absolute atomic E-state index is 12.5. The van der Waals surface area contributed by atoms with Crippen molar-refractivity contribution < 1.29 is 27.5 Å². The van der Waals surface area contributed by atoms with E-state index in [1.165, 1.54) is 17.5 Å². The van der Waals surface area contributed by atoms with E-state index >= 15 is 0 Å². The predicted molar refractivity (Wildman–Crippen MR) is 100 cm³/mol. The Morgan fingerprint density at radius 3 is 2.55 bits per heavy atom. The highest BCUT2D eigenvalue weighted by atomic mass is 32.1. The number of esters is 1. The average Bonchev–Trinajstić information content (AvgIpc) is 3.34. The fourth-order valence-corrected chi connectivity index (χ4v) is 3.20. The van der Waals surface area contributed by atoms with Crippen LogP contribution in [0.5, 0.6) is 0 Å². The normalized spacial score (nSPS) is 11.3. The third-order valence-electron chi connectivity index (χ3n) is 3.74. The van der Waals surface area contributed by atoms with E-state index in [4.69, 9.17) is 4.74 Å². The number of benzene rings is 1. The molecule has 0 radical (unpaired) electrons. The third-order valence-corrected chi connectivity index (χ3v) is 4.62. The third kappa shape index (κ3) is 5.92. The molecule has 0 unspecified atom stereocenters. The molecule has 6 nitrogen and oxygen atoms in total. The van der Waals surface area contributed by atoms with Gasteiger partial charge in [0.15, 0.2) is 6.61 Å². The first-order chi connectivity index (χ1) is 13.8. The van der Waals surface area contributed by atoms with E-state index in [1.807, 2.05) is 35.7 Å². The van der Waals surface area contributed by atoms with Crippen LogP contribution in [0.1, 0.15) is 15.9 Å². The van der Waals surface area contributed by atoms with Crippen LogP contribution in [-0.2, 0) is 16.1 Å². The van der Waals surface area contributed by atoms with Crippen molar-refractivity contribution in [3.8, 4) is 10.6 Å². The van der Waals surface area contributed by atoms with Crippen molar-refractivity contribution >= 4 is 23.2 Å². The smallest absolute Gasteiger partial charge is 0.405 e. The van der Waals surface area contributed by atoms with Gasteiger partial charge in [-0.1, -0.05) is 36.4 Å². The standard InChI is InChI=1S/C19H16F3N3O3S/c20-19(21,22)12-23-16(26)11-28-18(27)14-10-25(9-13-5-2-1-3-6-13)24-17(14)15-7-4-8-29-15/h1-8,10H,9,11-12H2,(H,23,26). The van der Waals surface area contributed by atoms with E-state index in [1.54, 1.807) is 22.1 Å². The number of amides is 1. The number of alkyl halides is 3. The minimum Gasteiger partial charge on any atom is -0.452 e. The summed E-state index contributed by atoms with van der Waals surface area (Å²) >= 11 is 1.37. The molecule has 0 atom stereocenters. The maximum Gasteiger partial charge on any atom is 0.405 e. The summed E-state index contributed by atoms with van der Waals surface area (Å²) in [6.07, 6.45) is -3.04. The summed E-state index contributed by atoms with van der Waals surface area (Å²) in [5.74, 6) is -1.88. The summed E-state index contributed by atoms with van der Waals surface area (Å²) < 4.78 is 42.9. The number of halogens is 3. The molecule has 3 aromatic rings. The number of ether oxygens (including phenoxy) is 1. The summed E-state index contributed by atoms with van der Waals surface area (Å²) in [7, 11) is 0. The lowest BCUT2D eigenvalue weighted by molar-refractivity contribution is -0.140.